The minimum Gasteiger partial charge on any atom is -0.491 e. The lowest BCUT2D eigenvalue weighted by Crippen LogP contribution is -2.30. The van der Waals surface area contributed by atoms with Gasteiger partial charge in [-0.2, -0.15) is 0 Å². The van der Waals surface area contributed by atoms with Crippen molar-refractivity contribution >= 4 is 11.6 Å². The van der Waals surface area contributed by atoms with E-state index in [1.54, 1.807) is 24.3 Å². The van der Waals surface area contributed by atoms with E-state index in [1.807, 2.05) is 0 Å². The predicted octanol–water partition coefficient (Wildman–Crippen LogP) is 0.759. The van der Waals surface area contributed by atoms with Gasteiger partial charge in [0.05, 0.1) is 7.11 Å². The average Bonchev–Trinajstić information content (AvgIpc) is 2.98. The highest BCUT2D eigenvalue weighted by Gasteiger charge is 2.33. The Bertz CT molecular complexity index is 719. The molecule has 0 amide bonds. The zero-order chi connectivity index (χ0) is 14.1. The van der Waals surface area contributed by atoms with E-state index in [9.17, 15) is 9.59 Å². The van der Waals surface area contributed by atoms with E-state index in [2.05, 4.69) is 15.6 Å². The molecule has 20 heavy (non-hydrogen) atoms. The SMILES string of the molecule is COC1=C(Nn2cnnc2)C(=O)c2ccccc2C1=O. The molecule has 7 nitrogen and oxygen atoms in total. The zero-order valence-corrected chi connectivity index (χ0v) is 10.5. The van der Waals surface area contributed by atoms with Crippen molar-refractivity contribution in [1.82, 2.24) is 14.9 Å². The third-order valence-corrected chi connectivity index (χ3v) is 2.94. The molecule has 0 atom stereocenters. The van der Waals surface area contributed by atoms with Gasteiger partial charge in [-0.15, -0.1) is 10.2 Å². The number of allylic oxidation sites excluding steroid dienone is 2. The van der Waals surface area contributed by atoms with Crippen molar-refractivity contribution in [1.29, 1.82) is 0 Å². The lowest BCUT2D eigenvalue weighted by molar-refractivity contribution is 0.0905. The number of ketones is 2. The highest BCUT2D eigenvalue weighted by Crippen LogP contribution is 2.25. The second-order valence-electron chi connectivity index (χ2n) is 4.09. The van der Waals surface area contributed by atoms with Crippen molar-refractivity contribution in [2.75, 3.05) is 12.5 Å². The molecule has 1 aromatic heterocycles. The van der Waals surface area contributed by atoms with Gasteiger partial charge in [0.2, 0.25) is 11.6 Å². The predicted molar refractivity (Wildman–Crippen MR) is 68.5 cm³/mol. The number of nitrogens with one attached hydrogen (secondary N) is 1. The lowest BCUT2D eigenvalue weighted by atomic mass is 9.91. The fourth-order valence-corrected chi connectivity index (χ4v) is 2.04. The number of hydrogen-bond donors (Lipinski definition) is 1. The summed E-state index contributed by atoms with van der Waals surface area (Å²) in [7, 11) is 1.35. The number of ether oxygens (including phenoxy) is 1. The highest BCUT2D eigenvalue weighted by atomic mass is 16.5. The average molecular weight is 270 g/mol. The minimum absolute atomic E-state index is 0.0256. The summed E-state index contributed by atoms with van der Waals surface area (Å²) in [5.74, 6) is -0.675. The third-order valence-electron chi connectivity index (χ3n) is 2.94. The Kier molecular flexibility index (Phi) is 2.79. The van der Waals surface area contributed by atoms with E-state index in [0.29, 0.717) is 11.1 Å². The Balaban J connectivity index is 2.11. The molecule has 1 heterocycles. The maximum absolute atomic E-state index is 12.5. The summed E-state index contributed by atoms with van der Waals surface area (Å²) in [6, 6.07) is 6.62. The van der Waals surface area contributed by atoms with Crippen molar-refractivity contribution in [3.05, 3.63) is 59.5 Å². The normalized spacial score (nSPS) is 14.2. The smallest absolute Gasteiger partial charge is 0.230 e. The monoisotopic (exact) mass is 270 g/mol. The number of nitrogens with zero attached hydrogens (tertiary/aromatic N) is 3. The first-order valence-electron chi connectivity index (χ1n) is 5.80. The van der Waals surface area contributed by atoms with E-state index >= 15 is 0 Å². The molecule has 1 aliphatic carbocycles. The highest BCUT2D eigenvalue weighted by molar-refractivity contribution is 6.26. The van der Waals surface area contributed by atoms with Crippen molar-refractivity contribution in [2.45, 2.75) is 0 Å². The standard InChI is InChI=1S/C13H10N4O3/c1-20-13-10(16-17-6-14-15-7-17)11(18)8-4-2-3-5-9(8)12(13)19/h2-7,16H,1H3. The molecule has 0 saturated heterocycles. The molecule has 0 unspecified atom stereocenters. The summed E-state index contributed by atoms with van der Waals surface area (Å²) >= 11 is 0. The van der Waals surface area contributed by atoms with Gasteiger partial charge in [0, 0.05) is 11.1 Å². The maximum Gasteiger partial charge on any atom is 0.230 e. The molecule has 1 aliphatic rings. The fraction of sp³-hybridized carbons (Fsp3) is 0.0769. The molecule has 0 saturated carbocycles. The number of hydrogen-bond acceptors (Lipinski definition) is 6. The Morgan fingerprint density at radius 3 is 2.25 bits per heavy atom. The minimum atomic E-state index is -0.335. The van der Waals surface area contributed by atoms with E-state index in [-0.39, 0.29) is 23.0 Å². The Labute approximate surface area is 113 Å². The molecule has 0 radical (unpaired) electrons. The molecule has 3 rings (SSSR count). The molecule has 7 heteroatoms. The molecule has 0 aliphatic heterocycles. The molecule has 1 aromatic carbocycles. The van der Waals surface area contributed by atoms with Crippen molar-refractivity contribution < 1.29 is 14.3 Å². The Morgan fingerprint density at radius 2 is 1.65 bits per heavy atom. The van der Waals surface area contributed by atoms with E-state index in [1.165, 1.54) is 24.4 Å². The van der Waals surface area contributed by atoms with Crippen LogP contribution < -0.4 is 5.43 Å². The lowest BCUT2D eigenvalue weighted by Gasteiger charge is -2.20. The number of Topliss-reactive ketones (excluding diaryl/α,β-unsaturated/α-hetero) is 2. The van der Waals surface area contributed by atoms with E-state index in [0.717, 1.165) is 0 Å². The number of methoxy groups -OCH3 is 1. The largest absolute Gasteiger partial charge is 0.491 e. The molecule has 2 aromatic rings. The number of aromatic nitrogens is 3. The van der Waals surface area contributed by atoms with Crippen molar-refractivity contribution in [3.8, 4) is 0 Å². The Morgan fingerprint density at radius 1 is 1.05 bits per heavy atom. The van der Waals surface area contributed by atoms with Gasteiger partial charge in [-0.1, -0.05) is 24.3 Å². The summed E-state index contributed by atoms with van der Waals surface area (Å²) < 4.78 is 6.45. The van der Waals surface area contributed by atoms with Gasteiger partial charge in [-0.3, -0.25) is 15.0 Å². The first-order valence-corrected chi connectivity index (χ1v) is 5.80. The number of benzene rings is 1. The van der Waals surface area contributed by atoms with Gasteiger partial charge in [-0.05, 0) is 0 Å². The topological polar surface area (TPSA) is 86.1 Å². The van der Waals surface area contributed by atoms with E-state index in [4.69, 9.17) is 4.74 Å². The number of fused-ring (bicyclic) bond motifs is 1. The number of rotatable bonds is 3. The van der Waals surface area contributed by atoms with Crippen LogP contribution in [0.4, 0.5) is 0 Å². The van der Waals surface area contributed by atoms with E-state index < -0.39 is 0 Å². The van der Waals surface area contributed by atoms with Crippen LogP contribution in [0.1, 0.15) is 20.7 Å². The van der Waals surface area contributed by atoms with Gasteiger partial charge < -0.3 is 4.74 Å². The summed E-state index contributed by atoms with van der Waals surface area (Å²) in [6.45, 7) is 0. The van der Waals surface area contributed by atoms with Gasteiger partial charge >= 0.3 is 0 Å². The molecule has 0 bridgehead atoms. The zero-order valence-electron chi connectivity index (χ0n) is 10.5. The third kappa shape index (κ3) is 1.76. The summed E-state index contributed by atoms with van der Waals surface area (Å²) in [5, 5.41) is 7.24. The number of carbonyl (C=O) groups is 2. The van der Waals surface area contributed by atoms with Crippen LogP contribution in [0.25, 0.3) is 0 Å². The fourth-order valence-electron chi connectivity index (χ4n) is 2.04. The molecule has 0 fully saturated rings. The molecular weight excluding hydrogens is 260 g/mol. The molecule has 100 valence electrons. The molecule has 1 N–H and O–H groups in total. The van der Waals surface area contributed by atoms with Crippen LogP contribution in [-0.2, 0) is 4.74 Å². The summed E-state index contributed by atoms with van der Waals surface area (Å²) in [6.07, 6.45) is 2.75. The van der Waals surface area contributed by atoms with Crippen LogP contribution in [0.5, 0.6) is 0 Å². The first-order chi connectivity index (χ1) is 9.72. The van der Waals surface area contributed by atoms with Crippen LogP contribution in [0.2, 0.25) is 0 Å². The van der Waals surface area contributed by atoms with Gasteiger partial charge in [0.15, 0.2) is 5.76 Å². The van der Waals surface area contributed by atoms with Crippen molar-refractivity contribution in [3.63, 3.8) is 0 Å². The van der Waals surface area contributed by atoms with Gasteiger partial charge in [-0.25, -0.2) is 4.68 Å². The summed E-state index contributed by atoms with van der Waals surface area (Å²) in [5.41, 5.74) is 3.50. The van der Waals surface area contributed by atoms with Crippen LogP contribution in [0.3, 0.4) is 0 Å². The molecular formula is C13H10N4O3. The Hall–Kier alpha value is -2.96. The number of carbonyl (C=O) groups excluding carboxylic acids is 2. The van der Waals surface area contributed by atoms with Crippen LogP contribution in [-0.4, -0.2) is 33.5 Å². The quantitative estimate of drug-likeness (QED) is 0.886. The summed E-state index contributed by atoms with van der Waals surface area (Å²) in [4.78, 5) is 24.8. The van der Waals surface area contributed by atoms with Gasteiger partial charge in [0.1, 0.15) is 18.4 Å². The van der Waals surface area contributed by atoms with Gasteiger partial charge in [0.25, 0.3) is 0 Å². The van der Waals surface area contributed by atoms with Crippen LogP contribution in [0.15, 0.2) is 48.4 Å². The first kappa shape index (κ1) is 12.1. The van der Waals surface area contributed by atoms with Crippen molar-refractivity contribution in [2.24, 2.45) is 0 Å². The molecule has 0 spiro atoms. The second-order valence-corrected chi connectivity index (χ2v) is 4.09. The maximum atomic E-state index is 12.5. The van der Waals surface area contributed by atoms with Crippen LogP contribution >= 0.6 is 0 Å². The van der Waals surface area contributed by atoms with Crippen LogP contribution in [0, 0.1) is 0 Å². The second kappa shape index (κ2) is 4.61.